The summed E-state index contributed by atoms with van der Waals surface area (Å²) in [7, 11) is 0. The third-order valence-corrected chi connectivity index (χ3v) is 5.15. The second-order valence-electron chi connectivity index (χ2n) is 8.99. The zero-order chi connectivity index (χ0) is 21.6. The van der Waals surface area contributed by atoms with Gasteiger partial charge in [-0.15, -0.1) is 0 Å². The van der Waals surface area contributed by atoms with Crippen molar-refractivity contribution in [3.63, 3.8) is 0 Å². The van der Waals surface area contributed by atoms with Gasteiger partial charge in [0.1, 0.15) is 11.4 Å². The summed E-state index contributed by atoms with van der Waals surface area (Å²) in [5.74, 6) is 0.914. The van der Waals surface area contributed by atoms with E-state index in [0.717, 1.165) is 43.8 Å². The van der Waals surface area contributed by atoms with Gasteiger partial charge in [0, 0.05) is 31.2 Å². The van der Waals surface area contributed by atoms with Crippen LogP contribution in [0.1, 0.15) is 44.7 Å². The van der Waals surface area contributed by atoms with E-state index < -0.39 is 5.60 Å². The summed E-state index contributed by atoms with van der Waals surface area (Å²) >= 11 is 0. The van der Waals surface area contributed by atoms with E-state index in [0.29, 0.717) is 12.6 Å². The van der Waals surface area contributed by atoms with Crippen molar-refractivity contribution < 1.29 is 14.3 Å². The predicted octanol–water partition coefficient (Wildman–Crippen LogP) is 5.43. The number of anilines is 1. The molecule has 1 saturated heterocycles. The van der Waals surface area contributed by atoms with Crippen LogP contribution in [0.2, 0.25) is 0 Å². The highest BCUT2D eigenvalue weighted by Crippen LogP contribution is 2.20. The summed E-state index contributed by atoms with van der Waals surface area (Å²) in [4.78, 5) is 14.0. The van der Waals surface area contributed by atoms with Crippen molar-refractivity contribution in [1.82, 2.24) is 4.90 Å². The summed E-state index contributed by atoms with van der Waals surface area (Å²) < 4.78 is 11.3. The molecule has 0 unspecified atom stereocenters. The Morgan fingerprint density at radius 3 is 2.27 bits per heavy atom. The lowest BCUT2D eigenvalue weighted by Crippen LogP contribution is -2.44. The van der Waals surface area contributed by atoms with Crippen LogP contribution in [0.3, 0.4) is 0 Å². The lowest BCUT2D eigenvalue weighted by Gasteiger charge is -2.34. The van der Waals surface area contributed by atoms with Crippen molar-refractivity contribution in [1.29, 1.82) is 0 Å². The van der Waals surface area contributed by atoms with Crippen LogP contribution in [0, 0.1) is 6.92 Å². The number of aryl methyl sites for hydroxylation is 1. The monoisotopic (exact) mass is 410 g/mol. The Kier molecular flexibility index (Phi) is 7.24. The molecule has 1 N–H and O–H groups in total. The molecule has 0 bridgehead atoms. The molecule has 0 aliphatic carbocycles. The minimum atomic E-state index is -0.445. The molecule has 1 fully saturated rings. The summed E-state index contributed by atoms with van der Waals surface area (Å²) in [5.41, 5.74) is 3.17. The number of likely N-dealkylation sites (tertiary alicyclic amines) is 1. The number of ether oxygens (including phenoxy) is 2. The Labute approximate surface area is 180 Å². The molecule has 2 aromatic carbocycles. The first kappa shape index (κ1) is 22.0. The number of rotatable bonds is 6. The van der Waals surface area contributed by atoms with Gasteiger partial charge in [0.2, 0.25) is 0 Å². The van der Waals surface area contributed by atoms with E-state index in [1.807, 2.05) is 32.9 Å². The van der Waals surface area contributed by atoms with Gasteiger partial charge >= 0.3 is 6.09 Å². The Morgan fingerprint density at radius 2 is 1.67 bits per heavy atom. The molecule has 5 nitrogen and oxygen atoms in total. The Hall–Kier alpha value is -2.69. The van der Waals surface area contributed by atoms with Gasteiger partial charge in [-0.3, -0.25) is 0 Å². The molecule has 1 heterocycles. The van der Waals surface area contributed by atoms with Crippen LogP contribution in [0.15, 0.2) is 48.5 Å². The number of piperidine rings is 1. The first-order valence-electron chi connectivity index (χ1n) is 10.8. The Bertz CT molecular complexity index is 802. The molecular formula is C25H34N2O3. The standard InChI is InChI=1S/C25H34N2O3/c1-19-5-11-23(12-6-19)29-18-15-20-7-9-21(10-8-20)26-22-13-16-27(17-14-22)24(28)30-25(2,3)4/h5-12,22,26H,13-18H2,1-4H3. The normalized spacial score (nSPS) is 15.0. The van der Waals surface area contributed by atoms with Gasteiger partial charge in [-0.1, -0.05) is 29.8 Å². The number of hydrogen-bond donors (Lipinski definition) is 1. The Balaban J connectivity index is 1.39. The van der Waals surface area contributed by atoms with E-state index >= 15 is 0 Å². The van der Waals surface area contributed by atoms with Crippen LogP contribution in [-0.4, -0.2) is 42.3 Å². The quantitative estimate of drug-likeness (QED) is 0.690. The van der Waals surface area contributed by atoms with Crippen LogP contribution in [0.25, 0.3) is 0 Å². The second-order valence-corrected chi connectivity index (χ2v) is 8.99. The average molecular weight is 411 g/mol. The zero-order valence-corrected chi connectivity index (χ0v) is 18.6. The molecule has 162 valence electrons. The van der Waals surface area contributed by atoms with Crippen molar-refractivity contribution in [2.45, 2.75) is 58.6 Å². The van der Waals surface area contributed by atoms with Gasteiger partial charge in [0.15, 0.2) is 0 Å². The number of hydrogen-bond acceptors (Lipinski definition) is 4. The van der Waals surface area contributed by atoms with E-state index in [2.05, 4.69) is 48.6 Å². The molecule has 1 aliphatic heterocycles. The maximum absolute atomic E-state index is 12.2. The van der Waals surface area contributed by atoms with Gasteiger partial charge in [-0.05, 0) is 70.4 Å². The molecule has 5 heteroatoms. The van der Waals surface area contributed by atoms with Crippen molar-refractivity contribution in [2.24, 2.45) is 0 Å². The highest BCUT2D eigenvalue weighted by Gasteiger charge is 2.26. The van der Waals surface area contributed by atoms with E-state index in [4.69, 9.17) is 9.47 Å². The minimum Gasteiger partial charge on any atom is -0.493 e. The number of carbonyl (C=O) groups excluding carboxylic acids is 1. The van der Waals surface area contributed by atoms with Crippen LogP contribution >= 0.6 is 0 Å². The fraction of sp³-hybridized carbons (Fsp3) is 0.480. The van der Waals surface area contributed by atoms with Crippen molar-refractivity contribution in [3.05, 3.63) is 59.7 Å². The summed E-state index contributed by atoms with van der Waals surface area (Å²) in [5, 5.41) is 3.59. The minimum absolute atomic E-state index is 0.210. The topological polar surface area (TPSA) is 50.8 Å². The first-order valence-corrected chi connectivity index (χ1v) is 10.8. The lowest BCUT2D eigenvalue weighted by atomic mass is 10.0. The van der Waals surface area contributed by atoms with Crippen LogP contribution < -0.4 is 10.1 Å². The second kappa shape index (κ2) is 9.88. The molecule has 0 aromatic heterocycles. The van der Waals surface area contributed by atoms with E-state index in [1.165, 1.54) is 11.1 Å². The van der Waals surface area contributed by atoms with Gasteiger partial charge in [-0.2, -0.15) is 0 Å². The summed E-state index contributed by atoms with van der Waals surface area (Å²) in [6.07, 6.45) is 2.51. The highest BCUT2D eigenvalue weighted by molar-refractivity contribution is 5.68. The van der Waals surface area contributed by atoms with Crippen molar-refractivity contribution in [2.75, 3.05) is 25.0 Å². The molecule has 0 atom stereocenters. The van der Waals surface area contributed by atoms with Gasteiger partial charge in [0.05, 0.1) is 6.61 Å². The molecule has 1 amide bonds. The fourth-order valence-electron chi connectivity index (χ4n) is 3.46. The maximum atomic E-state index is 12.2. The average Bonchev–Trinajstić information content (AvgIpc) is 2.70. The van der Waals surface area contributed by atoms with Crippen LogP contribution in [0.4, 0.5) is 10.5 Å². The molecule has 2 aromatic rings. The molecule has 1 aliphatic rings. The predicted molar refractivity (Wildman–Crippen MR) is 121 cm³/mol. The largest absolute Gasteiger partial charge is 0.493 e. The Morgan fingerprint density at radius 1 is 1.03 bits per heavy atom. The summed E-state index contributed by atoms with van der Waals surface area (Å²) in [6, 6.07) is 17.1. The molecule has 0 radical (unpaired) electrons. The van der Waals surface area contributed by atoms with E-state index in [9.17, 15) is 4.79 Å². The smallest absolute Gasteiger partial charge is 0.410 e. The third-order valence-electron chi connectivity index (χ3n) is 5.15. The number of nitrogens with one attached hydrogen (secondary N) is 1. The number of benzene rings is 2. The fourth-order valence-corrected chi connectivity index (χ4v) is 3.46. The van der Waals surface area contributed by atoms with E-state index in [-0.39, 0.29) is 6.09 Å². The molecule has 0 spiro atoms. The highest BCUT2D eigenvalue weighted by atomic mass is 16.6. The number of carbonyl (C=O) groups is 1. The third kappa shape index (κ3) is 6.97. The van der Waals surface area contributed by atoms with Crippen LogP contribution in [-0.2, 0) is 11.2 Å². The lowest BCUT2D eigenvalue weighted by molar-refractivity contribution is 0.0210. The maximum Gasteiger partial charge on any atom is 0.410 e. The van der Waals surface area contributed by atoms with Gasteiger partial charge < -0.3 is 19.7 Å². The SMILES string of the molecule is Cc1ccc(OCCc2ccc(NC3CCN(C(=O)OC(C)(C)C)CC3)cc2)cc1. The van der Waals surface area contributed by atoms with Crippen molar-refractivity contribution in [3.8, 4) is 5.75 Å². The molecule has 30 heavy (non-hydrogen) atoms. The molecular weight excluding hydrogens is 376 g/mol. The van der Waals surface area contributed by atoms with Crippen LogP contribution in [0.5, 0.6) is 5.75 Å². The van der Waals surface area contributed by atoms with Crippen molar-refractivity contribution >= 4 is 11.8 Å². The zero-order valence-electron chi connectivity index (χ0n) is 18.6. The van der Waals surface area contributed by atoms with Gasteiger partial charge in [0.25, 0.3) is 0 Å². The summed E-state index contributed by atoms with van der Waals surface area (Å²) in [6.45, 7) is 9.89. The number of amides is 1. The number of nitrogens with zero attached hydrogens (tertiary/aromatic N) is 1. The molecule has 3 rings (SSSR count). The van der Waals surface area contributed by atoms with E-state index in [1.54, 1.807) is 4.90 Å². The first-order chi connectivity index (χ1) is 14.3. The van der Waals surface area contributed by atoms with Gasteiger partial charge in [-0.25, -0.2) is 4.79 Å². The molecule has 0 saturated carbocycles.